The summed E-state index contributed by atoms with van der Waals surface area (Å²) in [5, 5.41) is 7.57. The van der Waals surface area contributed by atoms with Gasteiger partial charge in [0.1, 0.15) is 28.7 Å². The number of fused-ring (bicyclic) bond motifs is 3. The van der Waals surface area contributed by atoms with E-state index in [1.807, 2.05) is 66.5 Å². The van der Waals surface area contributed by atoms with Gasteiger partial charge in [-0.15, -0.1) is 0 Å². The summed E-state index contributed by atoms with van der Waals surface area (Å²) in [5.74, 6) is 3.30. The second-order valence-electron chi connectivity index (χ2n) is 6.98. The Bertz CT molecular complexity index is 1060. The number of hydrogen-bond donors (Lipinski definition) is 0. The Labute approximate surface area is 168 Å². The van der Waals surface area contributed by atoms with Crippen molar-refractivity contribution < 1.29 is 13.9 Å². The van der Waals surface area contributed by atoms with Crippen LogP contribution in [0.25, 0.3) is 0 Å². The molecule has 2 aliphatic heterocycles. The second-order valence-corrected chi connectivity index (χ2v) is 7.42. The summed E-state index contributed by atoms with van der Waals surface area (Å²) in [7, 11) is 1.66. The van der Waals surface area contributed by atoms with Crippen molar-refractivity contribution in [2.24, 2.45) is 5.10 Å². The highest BCUT2D eigenvalue weighted by atomic mass is 35.5. The number of nitrogens with zero attached hydrogens (tertiary/aromatic N) is 2. The van der Waals surface area contributed by atoms with Gasteiger partial charge in [0.05, 0.1) is 13.2 Å². The highest BCUT2D eigenvalue weighted by molar-refractivity contribution is 6.30. The number of hydrogen-bond acceptors (Lipinski definition) is 5. The van der Waals surface area contributed by atoms with Crippen molar-refractivity contribution in [1.82, 2.24) is 5.01 Å². The van der Waals surface area contributed by atoms with Crippen LogP contribution in [0.4, 0.5) is 0 Å². The molecule has 0 spiro atoms. The lowest BCUT2D eigenvalue weighted by molar-refractivity contribution is -0.0190. The molecule has 0 radical (unpaired) electrons. The number of furan rings is 1. The van der Waals surface area contributed by atoms with Gasteiger partial charge in [0.25, 0.3) is 0 Å². The summed E-state index contributed by atoms with van der Waals surface area (Å²) >= 11 is 6.27. The van der Waals surface area contributed by atoms with Gasteiger partial charge in [-0.05, 0) is 61.5 Å². The Morgan fingerprint density at radius 2 is 1.93 bits per heavy atom. The maximum atomic E-state index is 6.34. The first-order chi connectivity index (χ1) is 13.6. The molecule has 5 nitrogen and oxygen atoms in total. The van der Waals surface area contributed by atoms with E-state index in [1.54, 1.807) is 7.11 Å². The van der Waals surface area contributed by atoms with Crippen LogP contribution in [-0.4, -0.2) is 17.8 Å². The fourth-order valence-electron chi connectivity index (χ4n) is 3.79. The first kappa shape index (κ1) is 17.2. The molecular formula is C22H19ClN2O3. The molecule has 0 bridgehead atoms. The molecule has 1 aromatic heterocycles. The zero-order valence-electron chi connectivity index (χ0n) is 15.6. The second kappa shape index (κ2) is 6.60. The minimum Gasteiger partial charge on any atom is -0.497 e. The Morgan fingerprint density at radius 1 is 1.11 bits per heavy atom. The summed E-state index contributed by atoms with van der Waals surface area (Å²) in [6.07, 6.45) is 0.397. The van der Waals surface area contributed by atoms with E-state index in [2.05, 4.69) is 0 Å². The summed E-state index contributed by atoms with van der Waals surface area (Å²) < 4.78 is 17.4. The van der Waals surface area contributed by atoms with Gasteiger partial charge in [-0.25, -0.2) is 5.01 Å². The van der Waals surface area contributed by atoms with Crippen LogP contribution in [0.5, 0.6) is 11.5 Å². The van der Waals surface area contributed by atoms with Gasteiger partial charge in [-0.3, -0.25) is 0 Å². The zero-order valence-corrected chi connectivity index (χ0v) is 16.3. The number of methoxy groups -OCH3 is 1. The van der Waals surface area contributed by atoms with Gasteiger partial charge in [0.2, 0.25) is 6.23 Å². The number of aryl methyl sites for hydroxylation is 1. The maximum Gasteiger partial charge on any atom is 0.213 e. The van der Waals surface area contributed by atoms with Gasteiger partial charge < -0.3 is 13.9 Å². The number of rotatable bonds is 3. The Kier molecular flexibility index (Phi) is 4.05. The first-order valence-electron chi connectivity index (χ1n) is 9.15. The number of benzene rings is 2. The molecule has 2 aromatic carbocycles. The molecule has 3 aromatic rings. The number of halogens is 1. The molecule has 2 unspecified atom stereocenters. The molecule has 0 N–H and O–H groups in total. The molecule has 0 saturated heterocycles. The van der Waals surface area contributed by atoms with Gasteiger partial charge in [0.15, 0.2) is 0 Å². The van der Waals surface area contributed by atoms with E-state index in [1.165, 1.54) is 0 Å². The summed E-state index contributed by atoms with van der Waals surface area (Å²) in [5.41, 5.74) is 2.96. The fourth-order valence-corrected chi connectivity index (χ4v) is 3.97. The Balaban J connectivity index is 1.58. The third kappa shape index (κ3) is 2.83. The average molecular weight is 395 g/mol. The predicted molar refractivity (Wildman–Crippen MR) is 107 cm³/mol. The summed E-state index contributed by atoms with van der Waals surface area (Å²) in [6.45, 7) is 1.94. The maximum absolute atomic E-state index is 6.34. The van der Waals surface area contributed by atoms with Gasteiger partial charge in [-0.2, -0.15) is 5.10 Å². The van der Waals surface area contributed by atoms with Crippen LogP contribution < -0.4 is 9.47 Å². The van der Waals surface area contributed by atoms with E-state index in [-0.39, 0.29) is 12.3 Å². The molecule has 0 saturated carbocycles. The summed E-state index contributed by atoms with van der Waals surface area (Å²) in [4.78, 5) is 0. The molecule has 0 amide bonds. The third-order valence-corrected chi connectivity index (χ3v) is 5.41. The molecule has 6 heteroatoms. The lowest BCUT2D eigenvalue weighted by atomic mass is 9.97. The van der Waals surface area contributed by atoms with E-state index in [0.29, 0.717) is 5.02 Å². The van der Waals surface area contributed by atoms with Gasteiger partial charge >= 0.3 is 0 Å². The molecule has 0 fully saturated rings. The fraction of sp³-hybridized carbons (Fsp3) is 0.227. The van der Waals surface area contributed by atoms with E-state index < -0.39 is 0 Å². The van der Waals surface area contributed by atoms with Crippen LogP contribution in [-0.2, 0) is 0 Å². The van der Waals surface area contributed by atoms with Gasteiger partial charge in [0, 0.05) is 22.6 Å². The predicted octanol–water partition coefficient (Wildman–Crippen LogP) is 5.49. The van der Waals surface area contributed by atoms with Crippen molar-refractivity contribution >= 4 is 17.3 Å². The van der Waals surface area contributed by atoms with E-state index in [0.717, 1.165) is 46.3 Å². The topological polar surface area (TPSA) is 47.2 Å². The van der Waals surface area contributed by atoms with Crippen LogP contribution in [0, 0.1) is 6.92 Å². The lowest BCUT2D eigenvalue weighted by Gasteiger charge is -2.38. The smallest absolute Gasteiger partial charge is 0.213 e. The SMILES string of the molecule is COc1ccc(C2Oc3ccc(Cl)cc3C3CC(c4ccc(C)o4)=NN32)cc1. The van der Waals surface area contributed by atoms with Crippen LogP contribution >= 0.6 is 11.6 Å². The minimum atomic E-state index is -0.335. The molecule has 3 heterocycles. The third-order valence-electron chi connectivity index (χ3n) is 5.18. The molecule has 0 aliphatic carbocycles. The van der Waals surface area contributed by atoms with Crippen molar-refractivity contribution in [2.45, 2.75) is 25.6 Å². The normalized spacial score (nSPS) is 20.2. The Hall–Kier alpha value is -2.92. The Morgan fingerprint density at radius 3 is 2.64 bits per heavy atom. The molecule has 2 aliphatic rings. The zero-order chi connectivity index (χ0) is 19.3. The van der Waals surface area contributed by atoms with Crippen LogP contribution in [0.1, 0.15) is 41.3 Å². The van der Waals surface area contributed by atoms with Crippen LogP contribution in [0.15, 0.2) is 64.1 Å². The monoisotopic (exact) mass is 394 g/mol. The number of hydrazone groups is 1. The quantitative estimate of drug-likeness (QED) is 0.589. The van der Waals surface area contributed by atoms with Crippen molar-refractivity contribution in [3.8, 4) is 11.5 Å². The molecule has 28 heavy (non-hydrogen) atoms. The van der Waals surface area contributed by atoms with Crippen molar-refractivity contribution in [1.29, 1.82) is 0 Å². The van der Waals surface area contributed by atoms with E-state index in [9.17, 15) is 0 Å². The highest BCUT2D eigenvalue weighted by Crippen LogP contribution is 2.48. The number of ether oxygens (including phenoxy) is 2. The molecular weight excluding hydrogens is 376 g/mol. The molecule has 142 valence electrons. The molecule has 2 atom stereocenters. The van der Waals surface area contributed by atoms with Gasteiger partial charge in [-0.1, -0.05) is 11.6 Å². The van der Waals surface area contributed by atoms with Crippen LogP contribution in [0.2, 0.25) is 5.02 Å². The molecule has 5 rings (SSSR count). The standard InChI is InChI=1S/C22H19ClN2O3/c1-13-3-9-21(27-13)18-12-19-17-11-15(23)6-10-20(17)28-22(25(19)24-18)14-4-7-16(26-2)8-5-14/h3-11,19,22H,12H2,1-2H3. The van der Waals surface area contributed by atoms with E-state index >= 15 is 0 Å². The lowest BCUT2D eigenvalue weighted by Crippen LogP contribution is -2.33. The van der Waals surface area contributed by atoms with Crippen molar-refractivity contribution in [3.05, 3.63) is 82.3 Å². The van der Waals surface area contributed by atoms with Crippen molar-refractivity contribution in [3.63, 3.8) is 0 Å². The largest absolute Gasteiger partial charge is 0.497 e. The van der Waals surface area contributed by atoms with Crippen molar-refractivity contribution in [2.75, 3.05) is 7.11 Å². The summed E-state index contributed by atoms with van der Waals surface area (Å²) in [6, 6.07) is 17.6. The highest BCUT2D eigenvalue weighted by Gasteiger charge is 2.41. The van der Waals surface area contributed by atoms with Crippen LogP contribution in [0.3, 0.4) is 0 Å². The first-order valence-corrected chi connectivity index (χ1v) is 9.53. The van der Waals surface area contributed by atoms with E-state index in [4.69, 9.17) is 30.6 Å². The minimum absolute atomic E-state index is 0.0370. The average Bonchev–Trinajstić information content (AvgIpc) is 3.34.